The lowest BCUT2D eigenvalue weighted by molar-refractivity contribution is -0.140. The number of sulfonamides is 1. The Kier molecular flexibility index (Phi) is 11.4. The van der Waals surface area contributed by atoms with Gasteiger partial charge in [-0.2, -0.15) is 0 Å². The van der Waals surface area contributed by atoms with Crippen LogP contribution in [0.15, 0.2) is 108 Å². The average Bonchev–Trinajstić information content (AvgIpc) is 3.01. The van der Waals surface area contributed by atoms with Crippen molar-refractivity contribution in [3.63, 3.8) is 0 Å². The van der Waals surface area contributed by atoms with Crippen LogP contribution in [0.1, 0.15) is 30.0 Å². The molecule has 0 radical (unpaired) electrons. The first kappa shape index (κ1) is 33.1. The van der Waals surface area contributed by atoms with Gasteiger partial charge in [0.1, 0.15) is 12.6 Å². The second kappa shape index (κ2) is 15.2. The first-order valence-electron chi connectivity index (χ1n) is 14.3. The molecule has 4 aromatic rings. The van der Waals surface area contributed by atoms with Gasteiger partial charge in [-0.1, -0.05) is 96.4 Å². The van der Waals surface area contributed by atoms with Crippen LogP contribution in [0.2, 0.25) is 10.0 Å². The Labute approximate surface area is 269 Å². The van der Waals surface area contributed by atoms with Crippen molar-refractivity contribution in [2.24, 2.45) is 0 Å². The van der Waals surface area contributed by atoms with Crippen molar-refractivity contribution < 1.29 is 18.0 Å². The van der Waals surface area contributed by atoms with Crippen LogP contribution < -0.4 is 9.62 Å². The minimum atomic E-state index is -4.25. The van der Waals surface area contributed by atoms with E-state index in [0.717, 1.165) is 27.4 Å². The largest absolute Gasteiger partial charge is 0.354 e. The van der Waals surface area contributed by atoms with Crippen molar-refractivity contribution in [1.29, 1.82) is 0 Å². The zero-order valence-corrected chi connectivity index (χ0v) is 26.9. The molecular weight excluding hydrogens is 617 g/mol. The van der Waals surface area contributed by atoms with E-state index in [2.05, 4.69) is 5.32 Å². The number of benzene rings is 4. The first-order chi connectivity index (χ1) is 21.1. The second-order valence-electron chi connectivity index (χ2n) is 10.5. The molecule has 4 aromatic carbocycles. The topological polar surface area (TPSA) is 86.8 Å². The first-order valence-corrected chi connectivity index (χ1v) is 16.5. The molecule has 1 unspecified atom stereocenters. The highest BCUT2D eigenvalue weighted by molar-refractivity contribution is 7.92. The maximum atomic E-state index is 14.4. The molecule has 0 aliphatic rings. The Bertz CT molecular complexity index is 1680. The van der Waals surface area contributed by atoms with E-state index in [-0.39, 0.29) is 29.5 Å². The fraction of sp³-hybridized carbons (Fsp3) is 0.235. The number of rotatable bonds is 13. The molecule has 4 rings (SSSR count). The highest BCUT2D eigenvalue weighted by atomic mass is 35.5. The Morgan fingerprint density at radius 1 is 0.818 bits per heavy atom. The van der Waals surface area contributed by atoms with Crippen LogP contribution in [0, 0.1) is 6.92 Å². The highest BCUT2D eigenvalue weighted by Gasteiger charge is 2.34. The predicted molar refractivity (Wildman–Crippen MR) is 176 cm³/mol. The van der Waals surface area contributed by atoms with E-state index in [1.165, 1.54) is 35.2 Å². The smallest absolute Gasteiger partial charge is 0.264 e. The van der Waals surface area contributed by atoms with Gasteiger partial charge in [0.05, 0.1) is 10.6 Å². The normalized spacial score (nSPS) is 11.9. The Balaban J connectivity index is 1.80. The summed E-state index contributed by atoms with van der Waals surface area (Å²) < 4.78 is 29.1. The van der Waals surface area contributed by atoms with Gasteiger partial charge in [0.2, 0.25) is 11.8 Å². The molecule has 0 spiro atoms. The number of hydrogen-bond acceptors (Lipinski definition) is 4. The quantitative estimate of drug-likeness (QED) is 0.175. The number of nitrogens with zero attached hydrogens (tertiary/aromatic N) is 2. The van der Waals surface area contributed by atoms with Gasteiger partial charge in [-0.25, -0.2) is 8.42 Å². The van der Waals surface area contributed by atoms with E-state index in [0.29, 0.717) is 16.6 Å². The van der Waals surface area contributed by atoms with Crippen LogP contribution in [0.5, 0.6) is 0 Å². The molecule has 0 bridgehead atoms. The van der Waals surface area contributed by atoms with Crippen molar-refractivity contribution in [2.45, 2.75) is 44.2 Å². The monoisotopic (exact) mass is 651 g/mol. The summed E-state index contributed by atoms with van der Waals surface area (Å²) >= 11 is 12.3. The summed E-state index contributed by atoms with van der Waals surface area (Å²) in [5, 5.41) is 3.63. The molecule has 44 heavy (non-hydrogen) atoms. The van der Waals surface area contributed by atoms with Crippen LogP contribution in [-0.2, 0) is 32.6 Å². The Morgan fingerprint density at radius 2 is 1.50 bits per heavy atom. The molecule has 2 amide bonds. The Morgan fingerprint density at radius 3 is 2.16 bits per heavy atom. The van der Waals surface area contributed by atoms with Crippen LogP contribution >= 0.6 is 23.2 Å². The van der Waals surface area contributed by atoms with Crippen LogP contribution in [0.25, 0.3) is 0 Å². The molecular formula is C34H35Cl2N3O4S. The van der Waals surface area contributed by atoms with Crippen LogP contribution in [0.3, 0.4) is 0 Å². The summed E-state index contributed by atoms with van der Waals surface area (Å²) in [6, 6.07) is 28.2. The molecule has 10 heteroatoms. The molecule has 0 saturated heterocycles. The van der Waals surface area contributed by atoms with E-state index in [1.807, 2.05) is 68.4 Å². The van der Waals surface area contributed by atoms with E-state index in [9.17, 15) is 18.0 Å². The zero-order valence-electron chi connectivity index (χ0n) is 24.6. The third-order valence-corrected chi connectivity index (χ3v) is 9.31. The van der Waals surface area contributed by atoms with Crippen LogP contribution in [-0.4, -0.2) is 44.3 Å². The fourth-order valence-electron chi connectivity index (χ4n) is 4.82. The maximum Gasteiger partial charge on any atom is 0.264 e. The van der Waals surface area contributed by atoms with E-state index in [4.69, 9.17) is 23.2 Å². The van der Waals surface area contributed by atoms with Crippen molar-refractivity contribution in [1.82, 2.24) is 10.2 Å². The highest BCUT2D eigenvalue weighted by Crippen LogP contribution is 2.28. The van der Waals surface area contributed by atoms with Gasteiger partial charge in [0.25, 0.3) is 10.0 Å². The van der Waals surface area contributed by atoms with Gasteiger partial charge >= 0.3 is 0 Å². The molecule has 0 heterocycles. The molecule has 7 nitrogen and oxygen atoms in total. The molecule has 0 saturated carbocycles. The Hall–Kier alpha value is -3.85. The van der Waals surface area contributed by atoms with E-state index in [1.54, 1.807) is 18.2 Å². The third-order valence-electron chi connectivity index (χ3n) is 7.03. The van der Waals surface area contributed by atoms with Crippen molar-refractivity contribution in [2.75, 3.05) is 17.4 Å². The van der Waals surface area contributed by atoms with Crippen molar-refractivity contribution >= 4 is 50.7 Å². The van der Waals surface area contributed by atoms with Crippen LogP contribution in [0.4, 0.5) is 5.69 Å². The molecule has 1 atom stereocenters. The van der Waals surface area contributed by atoms with Gasteiger partial charge in [0, 0.05) is 29.6 Å². The number of nitrogens with one attached hydrogen (secondary N) is 1. The lowest BCUT2D eigenvalue weighted by Crippen LogP contribution is -2.53. The standard InChI is InChI=1S/C34H35Cl2N3O4S/c1-3-19-37-34(41)32(21-26-10-5-4-6-11-26)38(23-27-12-7-9-25(2)20-27)33(40)24-39(30-14-8-13-29(36)22-30)44(42,43)31-17-15-28(35)16-18-31/h4-18,20,22,32H,3,19,21,23-24H2,1-2H3,(H,37,41). The van der Waals surface area contributed by atoms with Gasteiger partial charge in [0.15, 0.2) is 0 Å². The minimum Gasteiger partial charge on any atom is -0.354 e. The lowest BCUT2D eigenvalue weighted by Gasteiger charge is -2.34. The molecule has 1 N–H and O–H groups in total. The summed E-state index contributed by atoms with van der Waals surface area (Å²) in [5.41, 5.74) is 2.89. The van der Waals surface area contributed by atoms with Gasteiger partial charge in [-0.3, -0.25) is 13.9 Å². The molecule has 0 fully saturated rings. The molecule has 230 valence electrons. The van der Waals surface area contributed by atoms with Crippen molar-refractivity contribution in [3.05, 3.63) is 130 Å². The number of halogens is 2. The van der Waals surface area contributed by atoms with Crippen molar-refractivity contribution in [3.8, 4) is 0 Å². The summed E-state index contributed by atoms with van der Waals surface area (Å²) in [7, 11) is -4.25. The number of hydrogen-bond donors (Lipinski definition) is 1. The number of carbonyl (C=O) groups excluding carboxylic acids is 2. The third kappa shape index (κ3) is 8.62. The van der Waals surface area contributed by atoms with E-state index < -0.39 is 28.5 Å². The summed E-state index contributed by atoms with van der Waals surface area (Å²) in [4.78, 5) is 29.6. The van der Waals surface area contributed by atoms with Gasteiger partial charge < -0.3 is 10.2 Å². The van der Waals surface area contributed by atoms with Gasteiger partial charge in [-0.05, 0) is 66.9 Å². The average molecular weight is 653 g/mol. The predicted octanol–water partition coefficient (Wildman–Crippen LogP) is 6.66. The molecule has 0 aliphatic carbocycles. The second-order valence-corrected chi connectivity index (χ2v) is 13.2. The molecule has 0 aliphatic heterocycles. The number of amides is 2. The minimum absolute atomic E-state index is 0.0403. The van der Waals surface area contributed by atoms with Gasteiger partial charge in [-0.15, -0.1) is 0 Å². The number of anilines is 1. The maximum absolute atomic E-state index is 14.4. The fourth-order valence-corrected chi connectivity index (χ4v) is 6.54. The SMILES string of the molecule is CCCNC(=O)C(Cc1ccccc1)N(Cc1cccc(C)c1)C(=O)CN(c1cccc(Cl)c1)S(=O)(=O)c1ccc(Cl)cc1. The molecule has 0 aromatic heterocycles. The lowest BCUT2D eigenvalue weighted by atomic mass is 10.0. The number of carbonyl (C=O) groups is 2. The van der Waals surface area contributed by atoms with E-state index >= 15 is 0 Å². The summed E-state index contributed by atoms with van der Waals surface area (Å²) in [6.45, 7) is 3.87. The zero-order chi connectivity index (χ0) is 31.7. The number of aryl methyl sites for hydroxylation is 1. The summed E-state index contributed by atoms with van der Waals surface area (Å²) in [5.74, 6) is -0.858. The summed E-state index contributed by atoms with van der Waals surface area (Å²) in [6.07, 6.45) is 0.965.